The quantitative estimate of drug-likeness (QED) is 0.580. The van der Waals surface area contributed by atoms with Crippen LogP contribution in [0.5, 0.6) is 0 Å². The van der Waals surface area contributed by atoms with Gasteiger partial charge in [-0.05, 0) is 25.8 Å². The van der Waals surface area contributed by atoms with Gasteiger partial charge in [0, 0.05) is 6.54 Å². The van der Waals surface area contributed by atoms with Crippen molar-refractivity contribution in [3.8, 4) is 0 Å². The number of hydrogen-bond donors (Lipinski definition) is 2. The summed E-state index contributed by atoms with van der Waals surface area (Å²) >= 11 is 0. The Labute approximate surface area is 63.4 Å². The molecule has 0 spiro atoms. The summed E-state index contributed by atoms with van der Waals surface area (Å²) in [5, 5.41) is 0. The number of hydrazine groups is 1. The van der Waals surface area contributed by atoms with Crippen molar-refractivity contribution in [3.05, 3.63) is 0 Å². The van der Waals surface area contributed by atoms with E-state index < -0.39 is 0 Å². The van der Waals surface area contributed by atoms with Crippen LogP contribution in [0.1, 0.15) is 32.1 Å². The third kappa shape index (κ3) is 2.67. The molecule has 0 unspecified atom stereocenters. The van der Waals surface area contributed by atoms with Gasteiger partial charge in [0.05, 0.1) is 0 Å². The van der Waals surface area contributed by atoms with Gasteiger partial charge in [0.1, 0.15) is 0 Å². The molecule has 10 heavy (non-hydrogen) atoms. The lowest BCUT2D eigenvalue weighted by Crippen LogP contribution is -2.33. The van der Waals surface area contributed by atoms with Crippen LogP contribution in [0.4, 0.5) is 0 Å². The fourth-order valence-corrected chi connectivity index (χ4v) is 1.64. The molecule has 0 saturated heterocycles. The molecule has 1 aliphatic carbocycles. The summed E-state index contributed by atoms with van der Waals surface area (Å²) in [7, 11) is 1.93. The van der Waals surface area contributed by atoms with E-state index in [1.807, 2.05) is 7.05 Å². The number of rotatable bonds is 3. The Kier molecular flexibility index (Phi) is 3.76. The highest BCUT2D eigenvalue weighted by Crippen LogP contribution is 2.22. The van der Waals surface area contributed by atoms with Crippen LogP contribution < -0.4 is 10.9 Å². The molecule has 0 aromatic carbocycles. The molecular weight excluding hydrogens is 124 g/mol. The van der Waals surface area contributed by atoms with E-state index in [2.05, 4.69) is 10.9 Å². The van der Waals surface area contributed by atoms with E-state index in [0.717, 1.165) is 12.5 Å². The van der Waals surface area contributed by atoms with Crippen molar-refractivity contribution in [3.63, 3.8) is 0 Å². The molecule has 0 bridgehead atoms. The van der Waals surface area contributed by atoms with Gasteiger partial charge < -0.3 is 0 Å². The summed E-state index contributed by atoms with van der Waals surface area (Å²) < 4.78 is 0. The molecule has 2 N–H and O–H groups in total. The molecule has 0 atom stereocenters. The van der Waals surface area contributed by atoms with Gasteiger partial charge in [-0.3, -0.25) is 10.9 Å². The van der Waals surface area contributed by atoms with E-state index in [1.165, 1.54) is 32.1 Å². The van der Waals surface area contributed by atoms with Gasteiger partial charge in [-0.1, -0.05) is 19.3 Å². The monoisotopic (exact) mass is 142 g/mol. The Morgan fingerprint density at radius 1 is 1.20 bits per heavy atom. The highest BCUT2D eigenvalue weighted by molar-refractivity contribution is 4.66. The lowest BCUT2D eigenvalue weighted by molar-refractivity contribution is 0.332. The maximum atomic E-state index is 3.17. The summed E-state index contributed by atoms with van der Waals surface area (Å²) in [4.78, 5) is 0. The SMILES string of the molecule is CNNCC1CCCCC1. The second-order valence-corrected chi connectivity index (χ2v) is 3.13. The first-order valence-electron chi connectivity index (χ1n) is 4.33. The average Bonchev–Trinajstić information content (AvgIpc) is 2.03. The predicted molar refractivity (Wildman–Crippen MR) is 43.6 cm³/mol. The van der Waals surface area contributed by atoms with Crippen LogP contribution in [0.2, 0.25) is 0 Å². The van der Waals surface area contributed by atoms with Crippen LogP contribution in [0.25, 0.3) is 0 Å². The molecule has 1 rings (SSSR count). The second-order valence-electron chi connectivity index (χ2n) is 3.13. The summed E-state index contributed by atoms with van der Waals surface area (Å²) in [6.45, 7) is 1.15. The van der Waals surface area contributed by atoms with Crippen LogP contribution >= 0.6 is 0 Å². The highest BCUT2D eigenvalue weighted by Gasteiger charge is 2.11. The van der Waals surface area contributed by atoms with E-state index in [-0.39, 0.29) is 0 Å². The summed E-state index contributed by atoms with van der Waals surface area (Å²) in [6.07, 6.45) is 7.19. The normalized spacial score (nSPS) is 21.3. The van der Waals surface area contributed by atoms with Crippen LogP contribution in [0.15, 0.2) is 0 Å². The summed E-state index contributed by atoms with van der Waals surface area (Å²) in [6, 6.07) is 0. The van der Waals surface area contributed by atoms with Gasteiger partial charge in [0.15, 0.2) is 0 Å². The van der Waals surface area contributed by atoms with Crippen LogP contribution in [0, 0.1) is 5.92 Å². The Balaban J connectivity index is 2.02. The summed E-state index contributed by atoms with van der Waals surface area (Å²) in [5.41, 5.74) is 6.13. The minimum absolute atomic E-state index is 0.932. The van der Waals surface area contributed by atoms with Gasteiger partial charge in [-0.2, -0.15) is 0 Å². The third-order valence-corrected chi connectivity index (χ3v) is 2.29. The van der Waals surface area contributed by atoms with Crippen molar-refractivity contribution in [1.29, 1.82) is 0 Å². The minimum atomic E-state index is 0.932. The van der Waals surface area contributed by atoms with Crippen LogP contribution in [0.3, 0.4) is 0 Å². The van der Waals surface area contributed by atoms with Crippen molar-refractivity contribution in [2.75, 3.05) is 13.6 Å². The van der Waals surface area contributed by atoms with Crippen molar-refractivity contribution >= 4 is 0 Å². The van der Waals surface area contributed by atoms with E-state index in [9.17, 15) is 0 Å². The fraction of sp³-hybridized carbons (Fsp3) is 1.00. The Hall–Kier alpha value is -0.0800. The second kappa shape index (κ2) is 4.69. The fourth-order valence-electron chi connectivity index (χ4n) is 1.64. The largest absolute Gasteiger partial charge is 0.261 e. The Morgan fingerprint density at radius 2 is 1.90 bits per heavy atom. The minimum Gasteiger partial charge on any atom is -0.261 e. The molecule has 0 radical (unpaired) electrons. The van der Waals surface area contributed by atoms with Gasteiger partial charge in [0.25, 0.3) is 0 Å². The first kappa shape index (κ1) is 8.02. The first-order valence-corrected chi connectivity index (χ1v) is 4.33. The van der Waals surface area contributed by atoms with E-state index >= 15 is 0 Å². The lowest BCUT2D eigenvalue weighted by atomic mass is 9.89. The number of hydrogen-bond acceptors (Lipinski definition) is 2. The Bertz CT molecular complexity index is 77.3. The highest BCUT2D eigenvalue weighted by atomic mass is 15.3. The van der Waals surface area contributed by atoms with Gasteiger partial charge >= 0.3 is 0 Å². The first-order chi connectivity index (χ1) is 4.93. The molecule has 0 aromatic heterocycles. The molecule has 1 fully saturated rings. The van der Waals surface area contributed by atoms with Gasteiger partial charge in [-0.15, -0.1) is 0 Å². The molecule has 60 valence electrons. The average molecular weight is 142 g/mol. The topological polar surface area (TPSA) is 24.1 Å². The number of nitrogens with one attached hydrogen (secondary N) is 2. The molecule has 1 saturated carbocycles. The van der Waals surface area contributed by atoms with Crippen molar-refractivity contribution in [1.82, 2.24) is 10.9 Å². The third-order valence-electron chi connectivity index (χ3n) is 2.29. The molecule has 2 heteroatoms. The zero-order valence-corrected chi connectivity index (χ0v) is 6.82. The smallest absolute Gasteiger partial charge is 0.0128 e. The van der Waals surface area contributed by atoms with Crippen LogP contribution in [-0.2, 0) is 0 Å². The zero-order chi connectivity index (χ0) is 7.23. The summed E-state index contributed by atoms with van der Waals surface area (Å²) in [5.74, 6) is 0.932. The van der Waals surface area contributed by atoms with Crippen molar-refractivity contribution < 1.29 is 0 Å². The van der Waals surface area contributed by atoms with Gasteiger partial charge in [-0.25, -0.2) is 0 Å². The molecule has 0 aromatic rings. The van der Waals surface area contributed by atoms with Crippen LogP contribution in [-0.4, -0.2) is 13.6 Å². The van der Waals surface area contributed by atoms with Gasteiger partial charge in [0.2, 0.25) is 0 Å². The molecule has 0 amide bonds. The lowest BCUT2D eigenvalue weighted by Gasteiger charge is -2.21. The molecule has 2 nitrogen and oxygen atoms in total. The zero-order valence-electron chi connectivity index (χ0n) is 6.82. The maximum Gasteiger partial charge on any atom is 0.0128 e. The standard InChI is InChI=1S/C8H18N2/c1-9-10-7-8-5-3-2-4-6-8/h8-10H,2-7H2,1H3. The van der Waals surface area contributed by atoms with E-state index in [0.29, 0.717) is 0 Å². The van der Waals surface area contributed by atoms with Crippen molar-refractivity contribution in [2.45, 2.75) is 32.1 Å². The van der Waals surface area contributed by atoms with E-state index in [4.69, 9.17) is 0 Å². The molecular formula is C8H18N2. The predicted octanol–water partition coefficient (Wildman–Crippen LogP) is 1.29. The molecule has 0 heterocycles. The van der Waals surface area contributed by atoms with E-state index in [1.54, 1.807) is 0 Å². The van der Waals surface area contributed by atoms with Crippen molar-refractivity contribution in [2.24, 2.45) is 5.92 Å². The molecule has 1 aliphatic rings. The maximum absolute atomic E-state index is 3.17. The molecule has 0 aliphatic heterocycles. The Morgan fingerprint density at radius 3 is 2.50 bits per heavy atom.